The number of aromatic nitrogens is 2. The van der Waals surface area contributed by atoms with Crippen LogP contribution in [0.1, 0.15) is 79.0 Å². The molecule has 3 heterocycles. The maximum absolute atomic E-state index is 6.97. The Morgan fingerprint density at radius 3 is 1.56 bits per heavy atom. The lowest BCUT2D eigenvalue weighted by Crippen LogP contribution is -2.25. The average molecular weight is 1000 g/mol. The van der Waals surface area contributed by atoms with E-state index in [1.54, 1.807) is 0 Å². The van der Waals surface area contributed by atoms with Crippen molar-refractivity contribution in [2.75, 3.05) is 16.5 Å². The summed E-state index contributed by atoms with van der Waals surface area (Å²) < 4.78 is 9.29. The van der Waals surface area contributed by atoms with Crippen LogP contribution >= 0.6 is 0 Å². The molecule has 0 aliphatic carbocycles. The largest absolute Gasteiger partial charge is 0.457 e. The summed E-state index contributed by atoms with van der Waals surface area (Å²) in [5.41, 5.74) is 19.9. The van der Waals surface area contributed by atoms with Crippen molar-refractivity contribution >= 4 is 44.6 Å². The van der Waals surface area contributed by atoms with Crippen molar-refractivity contribution in [3.05, 3.63) is 241 Å². The molecular weight excluding hydrogens is 937 g/mol. The zero-order chi connectivity index (χ0) is 53.2. The fourth-order valence-corrected chi connectivity index (χ4v) is 11.2. The van der Waals surface area contributed by atoms with Crippen molar-refractivity contribution in [1.82, 2.24) is 9.55 Å². The van der Waals surface area contributed by atoms with Crippen LogP contribution < -0.4 is 14.5 Å². The molecule has 77 heavy (non-hydrogen) atoms. The second-order valence-corrected chi connectivity index (χ2v) is 23.8. The number of nitrogens with zero attached hydrogens (tertiary/aromatic N) is 4. The van der Waals surface area contributed by atoms with Crippen LogP contribution in [0.4, 0.5) is 22.7 Å². The van der Waals surface area contributed by atoms with Crippen LogP contribution in [0.25, 0.3) is 72.1 Å². The number of hydrogen-bond acceptors (Lipinski definition) is 4. The predicted octanol–water partition coefficient (Wildman–Crippen LogP) is 19.8. The SMILES string of the molecule is CC(C)(C)c1ccc(-c2ccc3c(c2)c2ccc(Oc4cccc(N5CN(c6c(-c7ccccc7)cccc6-c6ccc(C(C)(C)C)cc6)c6ccccc65)c4)cc2n3-c2cc(C(C)(C)C)c(-c3ccccc3)cn2)cc1. The van der Waals surface area contributed by atoms with Gasteiger partial charge in [-0.05, 0) is 115 Å². The molecule has 2 aromatic heterocycles. The van der Waals surface area contributed by atoms with E-state index in [2.05, 4.69) is 301 Å². The Kier molecular flexibility index (Phi) is 12.3. The van der Waals surface area contributed by atoms with Crippen molar-refractivity contribution in [3.8, 4) is 61.8 Å². The number of fused-ring (bicyclic) bond motifs is 4. The van der Waals surface area contributed by atoms with Gasteiger partial charge in [0.05, 0.1) is 28.1 Å². The summed E-state index contributed by atoms with van der Waals surface area (Å²) in [6.07, 6.45) is 2.06. The Balaban J connectivity index is 0.939. The Labute approximate surface area is 454 Å². The van der Waals surface area contributed by atoms with E-state index in [0.29, 0.717) is 6.67 Å². The third kappa shape index (κ3) is 9.35. The molecule has 0 unspecified atom stereocenters. The van der Waals surface area contributed by atoms with Gasteiger partial charge < -0.3 is 14.5 Å². The van der Waals surface area contributed by atoms with Crippen LogP contribution in [-0.2, 0) is 16.2 Å². The van der Waals surface area contributed by atoms with Crippen molar-refractivity contribution < 1.29 is 4.74 Å². The van der Waals surface area contributed by atoms with Crippen LogP contribution in [0.15, 0.2) is 225 Å². The summed E-state index contributed by atoms with van der Waals surface area (Å²) in [6.45, 7) is 21.1. The molecule has 0 atom stereocenters. The summed E-state index contributed by atoms with van der Waals surface area (Å²) in [5, 5.41) is 2.29. The molecule has 0 saturated carbocycles. The summed E-state index contributed by atoms with van der Waals surface area (Å²) in [4.78, 5) is 10.2. The highest BCUT2D eigenvalue weighted by Gasteiger charge is 2.32. The first-order chi connectivity index (χ1) is 37.1. The van der Waals surface area contributed by atoms with E-state index in [1.807, 2.05) is 0 Å². The molecule has 9 aromatic carbocycles. The molecule has 12 rings (SSSR count). The minimum Gasteiger partial charge on any atom is -0.457 e. The molecule has 0 spiro atoms. The predicted molar refractivity (Wildman–Crippen MR) is 325 cm³/mol. The van der Waals surface area contributed by atoms with Crippen molar-refractivity contribution in [2.24, 2.45) is 0 Å². The molecule has 1 aliphatic rings. The fraction of sp³-hybridized carbons (Fsp3) is 0.181. The van der Waals surface area contributed by atoms with Crippen LogP contribution in [0.5, 0.6) is 11.5 Å². The highest BCUT2D eigenvalue weighted by Crippen LogP contribution is 2.51. The van der Waals surface area contributed by atoms with E-state index in [0.717, 1.165) is 67.3 Å². The number of hydrogen-bond donors (Lipinski definition) is 0. The van der Waals surface area contributed by atoms with Crippen LogP contribution in [-0.4, -0.2) is 16.2 Å². The van der Waals surface area contributed by atoms with E-state index in [-0.39, 0.29) is 16.2 Å². The number of pyridine rings is 1. The molecular formula is C72H66N4O. The number of anilines is 4. The monoisotopic (exact) mass is 1000 g/mol. The van der Waals surface area contributed by atoms with Gasteiger partial charge in [-0.1, -0.05) is 214 Å². The van der Waals surface area contributed by atoms with Gasteiger partial charge in [-0.25, -0.2) is 4.98 Å². The normalized spacial score (nSPS) is 12.9. The van der Waals surface area contributed by atoms with Gasteiger partial charge in [-0.2, -0.15) is 0 Å². The molecule has 5 heteroatoms. The van der Waals surface area contributed by atoms with Gasteiger partial charge in [0, 0.05) is 51.5 Å². The van der Waals surface area contributed by atoms with Gasteiger partial charge in [-0.3, -0.25) is 4.57 Å². The maximum Gasteiger partial charge on any atom is 0.137 e. The van der Waals surface area contributed by atoms with Gasteiger partial charge in [-0.15, -0.1) is 0 Å². The van der Waals surface area contributed by atoms with E-state index >= 15 is 0 Å². The summed E-state index contributed by atoms with van der Waals surface area (Å²) >= 11 is 0. The molecule has 0 bridgehead atoms. The average Bonchev–Trinajstić information content (AvgIpc) is 4.09. The summed E-state index contributed by atoms with van der Waals surface area (Å²) in [7, 11) is 0. The molecule has 11 aromatic rings. The Morgan fingerprint density at radius 2 is 0.935 bits per heavy atom. The van der Waals surface area contributed by atoms with E-state index < -0.39 is 0 Å². The second-order valence-electron chi connectivity index (χ2n) is 23.8. The second kappa shape index (κ2) is 19.2. The molecule has 0 radical (unpaired) electrons. The van der Waals surface area contributed by atoms with Crippen LogP contribution in [0, 0.1) is 0 Å². The zero-order valence-corrected chi connectivity index (χ0v) is 45.8. The van der Waals surface area contributed by atoms with Crippen molar-refractivity contribution in [2.45, 2.75) is 78.6 Å². The zero-order valence-electron chi connectivity index (χ0n) is 45.8. The molecule has 5 nitrogen and oxygen atoms in total. The van der Waals surface area contributed by atoms with Crippen molar-refractivity contribution in [1.29, 1.82) is 0 Å². The highest BCUT2D eigenvalue weighted by atomic mass is 16.5. The molecule has 0 fully saturated rings. The first-order valence-corrected chi connectivity index (χ1v) is 27.0. The minimum absolute atomic E-state index is 0.0567. The van der Waals surface area contributed by atoms with Crippen LogP contribution in [0.2, 0.25) is 0 Å². The fourth-order valence-electron chi connectivity index (χ4n) is 11.2. The molecule has 0 amide bonds. The lowest BCUT2D eigenvalue weighted by atomic mass is 9.82. The quantitative estimate of drug-likeness (QED) is 0.144. The third-order valence-electron chi connectivity index (χ3n) is 15.4. The van der Waals surface area contributed by atoms with Crippen molar-refractivity contribution in [3.63, 3.8) is 0 Å². The number of para-hydroxylation sites is 3. The lowest BCUT2D eigenvalue weighted by Gasteiger charge is -2.27. The lowest BCUT2D eigenvalue weighted by molar-refractivity contribution is 0.483. The van der Waals surface area contributed by atoms with Gasteiger partial charge in [0.1, 0.15) is 24.0 Å². The molecule has 0 N–H and O–H groups in total. The van der Waals surface area contributed by atoms with E-state index in [1.165, 1.54) is 55.8 Å². The highest BCUT2D eigenvalue weighted by molar-refractivity contribution is 6.11. The van der Waals surface area contributed by atoms with Crippen LogP contribution in [0.3, 0.4) is 0 Å². The van der Waals surface area contributed by atoms with Gasteiger partial charge in [0.25, 0.3) is 0 Å². The van der Waals surface area contributed by atoms with Gasteiger partial charge in [0.2, 0.25) is 0 Å². The number of benzene rings is 9. The Morgan fingerprint density at radius 1 is 0.390 bits per heavy atom. The van der Waals surface area contributed by atoms with E-state index in [9.17, 15) is 0 Å². The molecule has 0 saturated heterocycles. The van der Waals surface area contributed by atoms with Gasteiger partial charge in [0.15, 0.2) is 0 Å². The Hall–Kier alpha value is -8.67. The summed E-state index contributed by atoms with van der Waals surface area (Å²) in [5.74, 6) is 2.37. The summed E-state index contributed by atoms with van der Waals surface area (Å²) in [6, 6.07) is 79.3. The topological polar surface area (TPSA) is 33.5 Å². The molecule has 1 aliphatic heterocycles. The standard InChI is InChI=1S/C72H66N4O/c1-70(2,3)53-35-30-48(31-36-53)52-34-41-64-61(42-52)60-40-39-57(44-67(60)76(64)68-45-63(72(7,8)9)62(46-73-68)50-22-14-11-15-23-50)77-56-25-18-24-55(43-56)74-47-75(66-29-17-16-28-65(66)74)69-58(49-20-12-10-13-21-49)26-19-27-59(69)51-32-37-54(38-33-51)71(4,5)6/h10-46H,47H2,1-9H3. The van der Waals surface area contributed by atoms with E-state index in [4.69, 9.17) is 9.72 Å². The first kappa shape index (κ1) is 49.2. The van der Waals surface area contributed by atoms with Gasteiger partial charge >= 0.3 is 0 Å². The Bertz CT molecular complexity index is 3960. The smallest absolute Gasteiger partial charge is 0.137 e. The number of rotatable bonds is 9. The third-order valence-corrected chi connectivity index (χ3v) is 15.4. The first-order valence-electron chi connectivity index (χ1n) is 27.0. The molecule has 380 valence electrons. The minimum atomic E-state index is -0.147. The number of ether oxygens (including phenoxy) is 1. The maximum atomic E-state index is 6.97.